The molecule has 0 atom stereocenters. The van der Waals surface area contributed by atoms with Crippen LogP contribution in [-0.4, -0.2) is 16.1 Å². The van der Waals surface area contributed by atoms with Crippen molar-refractivity contribution in [1.29, 1.82) is 0 Å². The number of thiophene rings is 3. The minimum Gasteiger partial charge on any atom is -0.153 e. The van der Waals surface area contributed by atoms with Crippen LogP contribution in [0.25, 0.3) is 12.2 Å². The Bertz CT molecular complexity index is 780. The van der Waals surface area contributed by atoms with Gasteiger partial charge in [-0.3, -0.25) is 0 Å². The lowest BCUT2D eigenvalue weighted by Gasteiger charge is -2.15. The number of rotatable bonds is 6. The molecule has 3 heterocycles. The molecule has 3 aromatic heterocycles. The molecule has 0 radical (unpaired) electrons. The Balaban J connectivity index is 1.70. The first-order valence-electron chi connectivity index (χ1n) is 8.43. The summed E-state index contributed by atoms with van der Waals surface area (Å²) in [4.78, 5) is 2.71. The van der Waals surface area contributed by atoms with E-state index in [-0.39, 0.29) is 0 Å². The summed E-state index contributed by atoms with van der Waals surface area (Å²) in [6.07, 6.45) is 4.66. The molecule has 0 amide bonds. The lowest BCUT2D eigenvalue weighted by Crippen LogP contribution is -2.36. The molecule has 0 N–H and O–H groups in total. The van der Waals surface area contributed by atoms with Crippen molar-refractivity contribution in [3.05, 3.63) is 68.3 Å². The predicted octanol–water partition coefficient (Wildman–Crippen LogP) is 6.21. The van der Waals surface area contributed by atoms with Gasteiger partial charge in [-0.1, -0.05) is 74.0 Å². The summed E-state index contributed by atoms with van der Waals surface area (Å²) in [5, 5.41) is 4.37. The molecule has 0 aliphatic carbocycles. The van der Waals surface area contributed by atoms with Crippen molar-refractivity contribution < 1.29 is 0 Å². The Morgan fingerprint density at radius 3 is 1.48 bits per heavy atom. The molecular formula is C20H24S3Si2. The van der Waals surface area contributed by atoms with Crippen molar-refractivity contribution >= 4 is 71.3 Å². The molecule has 0 aliphatic heterocycles. The molecular weight excluding hydrogens is 393 g/mol. The van der Waals surface area contributed by atoms with Crippen LogP contribution in [0.4, 0.5) is 0 Å². The van der Waals surface area contributed by atoms with E-state index in [2.05, 4.69) is 96.9 Å². The molecule has 3 aromatic rings. The molecule has 0 bridgehead atoms. The van der Waals surface area contributed by atoms with Gasteiger partial charge in [0.25, 0.3) is 0 Å². The number of hydrogen-bond donors (Lipinski definition) is 0. The van der Waals surface area contributed by atoms with Gasteiger partial charge in [-0.2, -0.15) is 22.7 Å². The summed E-state index contributed by atoms with van der Waals surface area (Å²) in [7, 11) is -2.90. The summed E-state index contributed by atoms with van der Waals surface area (Å²) < 4.78 is 3.09. The molecule has 25 heavy (non-hydrogen) atoms. The van der Waals surface area contributed by atoms with E-state index in [4.69, 9.17) is 0 Å². The Labute approximate surface area is 165 Å². The molecule has 3 rings (SSSR count). The van der Waals surface area contributed by atoms with Gasteiger partial charge in [-0.25, -0.2) is 0 Å². The van der Waals surface area contributed by atoms with Crippen LogP contribution in [0.2, 0.25) is 26.2 Å². The topological polar surface area (TPSA) is 0 Å². The second-order valence-electron chi connectivity index (χ2n) is 7.30. The first kappa shape index (κ1) is 18.8. The van der Waals surface area contributed by atoms with Gasteiger partial charge in [0, 0.05) is 9.75 Å². The Kier molecular flexibility index (Phi) is 5.80. The Morgan fingerprint density at radius 1 is 0.680 bits per heavy atom. The SMILES string of the molecule is C[Si](C)(/C=C/c1ccc(/C=C/[Si](C)(C)c2cccs2)s1)c1cccs1. The third-order valence-electron chi connectivity index (χ3n) is 4.29. The van der Waals surface area contributed by atoms with E-state index in [0.717, 1.165) is 0 Å². The zero-order chi connectivity index (χ0) is 17.9. The van der Waals surface area contributed by atoms with Crippen LogP contribution < -0.4 is 9.00 Å². The molecule has 0 unspecified atom stereocenters. The molecule has 0 aliphatic rings. The summed E-state index contributed by atoms with van der Waals surface area (Å²) in [6.45, 7) is 9.66. The summed E-state index contributed by atoms with van der Waals surface area (Å²) in [6, 6.07) is 13.4. The van der Waals surface area contributed by atoms with Gasteiger partial charge in [0.2, 0.25) is 0 Å². The van der Waals surface area contributed by atoms with Crippen molar-refractivity contribution in [1.82, 2.24) is 0 Å². The maximum atomic E-state index is 2.46. The van der Waals surface area contributed by atoms with Crippen LogP contribution in [0, 0.1) is 0 Å². The van der Waals surface area contributed by atoms with Gasteiger partial charge >= 0.3 is 0 Å². The minimum absolute atomic E-state index is 1.35. The number of hydrogen-bond acceptors (Lipinski definition) is 3. The smallest absolute Gasteiger partial charge is 0.117 e. The fraction of sp³-hybridized carbons (Fsp3) is 0.200. The van der Waals surface area contributed by atoms with E-state index >= 15 is 0 Å². The van der Waals surface area contributed by atoms with Gasteiger partial charge in [-0.05, 0) is 31.9 Å². The van der Waals surface area contributed by atoms with Crippen molar-refractivity contribution in [2.45, 2.75) is 26.2 Å². The standard InChI is InChI=1S/C20H24S3Si2/c1-24(2,19-7-5-13-21-19)15-11-17-9-10-18(23-17)12-16-25(3,4)20-8-6-14-22-20/h5-16H,1-4H3/b15-11+,16-12+. The normalized spacial score (nSPS) is 13.3. The molecule has 5 heteroatoms. The fourth-order valence-electron chi connectivity index (χ4n) is 2.58. The van der Waals surface area contributed by atoms with Crippen LogP contribution in [0.3, 0.4) is 0 Å². The summed E-state index contributed by atoms with van der Waals surface area (Å²) in [5.41, 5.74) is 4.92. The maximum absolute atomic E-state index is 2.46. The zero-order valence-electron chi connectivity index (χ0n) is 15.2. The van der Waals surface area contributed by atoms with E-state index in [0.29, 0.717) is 0 Å². The second kappa shape index (κ2) is 7.72. The van der Waals surface area contributed by atoms with Crippen LogP contribution in [0.1, 0.15) is 9.75 Å². The lowest BCUT2D eigenvalue weighted by atomic mass is 10.4. The highest BCUT2D eigenvalue weighted by Crippen LogP contribution is 2.22. The molecule has 0 nitrogen and oxygen atoms in total. The molecule has 0 aromatic carbocycles. The highest BCUT2D eigenvalue weighted by Gasteiger charge is 2.21. The third kappa shape index (κ3) is 4.80. The monoisotopic (exact) mass is 416 g/mol. The molecule has 0 fully saturated rings. The average molecular weight is 417 g/mol. The summed E-state index contributed by atoms with van der Waals surface area (Å²) in [5.74, 6) is 0. The van der Waals surface area contributed by atoms with Gasteiger partial charge in [0.15, 0.2) is 0 Å². The Morgan fingerprint density at radius 2 is 1.12 bits per heavy atom. The van der Waals surface area contributed by atoms with E-state index in [9.17, 15) is 0 Å². The van der Waals surface area contributed by atoms with Gasteiger partial charge in [0.1, 0.15) is 16.1 Å². The fourth-order valence-corrected chi connectivity index (χ4v) is 10.4. The van der Waals surface area contributed by atoms with E-state index in [1.165, 1.54) is 9.75 Å². The minimum atomic E-state index is -1.45. The van der Waals surface area contributed by atoms with Crippen molar-refractivity contribution in [2.75, 3.05) is 0 Å². The largest absolute Gasteiger partial charge is 0.153 e. The van der Waals surface area contributed by atoms with Gasteiger partial charge < -0.3 is 0 Å². The summed E-state index contributed by atoms with van der Waals surface area (Å²) >= 11 is 5.66. The highest BCUT2D eigenvalue weighted by atomic mass is 32.1. The van der Waals surface area contributed by atoms with Crippen molar-refractivity contribution in [3.8, 4) is 0 Å². The lowest BCUT2D eigenvalue weighted by molar-refractivity contribution is 1.84. The van der Waals surface area contributed by atoms with Gasteiger partial charge in [0.05, 0.1) is 0 Å². The van der Waals surface area contributed by atoms with Crippen LogP contribution in [0.15, 0.2) is 58.6 Å². The highest BCUT2D eigenvalue weighted by molar-refractivity contribution is 7.27. The van der Waals surface area contributed by atoms with Crippen LogP contribution in [0.5, 0.6) is 0 Å². The van der Waals surface area contributed by atoms with E-state index in [1.807, 2.05) is 34.0 Å². The first-order valence-corrected chi connectivity index (χ1v) is 17.2. The van der Waals surface area contributed by atoms with Crippen LogP contribution in [-0.2, 0) is 0 Å². The third-order valence-corrected chi connectivity index (χ3v) is 15.4. The van der Waals surface area contributed by atoms with Crippen molar-refractivity contribution in [3.63, 3.8) is 0 Å². The maximum Gasteiger partial charge on any atom is 0.117 e. The average Bonchev–Trinajstić information content (AvgIpc) is 3.34. The van der Waals surface area contributed by atoms with Gasteiger partial charge in [-0.15, -0.1) is 11.3 Å². The predicted molar refractivity (Wildman–Crippen MR) is 125 cm³/mol. The van der Waals surface area contributed by atoms with E-state index in [1.54, 1.807) is 9.00 Å². The van der Waals surface area contributed by atoms with Crippen LogP contribution >= 0.6 is 34.0 Å². The van der Waals surface area contributed by atoms with Crippen molar-refractivity contribution in [2.24, 2.45) is 0 Å². The molecule has 0 saturated carbocycles. The quantitative estimate of drug-likeness (QED) is 0.419. The molecule has 0 spiro atoms. The first-order chi connectivity index (χ1) is 11.9. The Hall–Kier alpha value is -0.986. The second-order valence-corrected chi connectivity index (χ2v) is 19.7. The molecule has 0 saturated heterocycles. The molecule has 130 valence electrons. The zero-order valence-corrected chi connectivity index (χ0v) is 19.6. The van der Waals surface area contributed by atoms with E-state index < -0.39 is 16.1 Å².